The molecule has 4 rings (SSSR count). The van der Waals surface area contributed by atoms with Crippen LogP contribution >= 0.6 is 34.4 Å². The van der Waals surface area contributed by atoms with Gasteiger partial charge in [-0.15, -0.1) is 29.3 Å². The van der Waals surface area contributed by atoms with Gasteiger partial charge in [0, 0.05) is 35.1 Å². The number of para-hydroxylation sites is 1. The molecule has 0 radical (unpaired) electrons. The summed E-state index contributed by atoms with van der Waals surface area (Å²) in [4.78, 5) is 34.0. The predicted molar refractivity (Wildman–Crippen MR) is 128 cm³/mol. The Morgan fingerprint density at radius 2 is 2.03 bits per heavy atom. The molecular formula is C22H19N3O2S3. The van der Waals surface area contributed by atoms with E-state index in [0.717, 1.165) is 16.1 Å². The van der Waals surface area contributed by atoms with Gasteiger partial charge < -0.3 is 4.90 Å². The fraction of sp³-hybridized carbons (Fsp3) is 0.136. The van der Waals surface area contributed by atoms with Crippen molar-refractivity contribution < 1.29 is 4.79 Å². The second-order valence-corrected chi connectivity index (χ2v) is 9.23. The quantitative estimate of drug-likeness (QED) is 0.224. The zero-order valence-electron chi connectivity index (χ0n) is 16.3. The summed E-state index contributed by atoms with van der Waals surface area (Å²) in [5, 5.41) is 5.14. The lowest BCUT2D eigenvalue weighted by molar-refractivity contribution is -0.116. The van der Waals surface area contributed by atoms with Crippen LogP contribution in [0, 0.1) is 0 Å². The highest BCUT2D eigenvalue weighted by molar-refractivity contribution is 7.99. The lowest BCUT2D eigenvalue weighted by Crippen LogP contribution is -2.32. The highest BCUT2D eigenvalue weighted by atomic mass is 32.2. The molecule has 0 atom stereocenters. The van der Waals surface area contributed by atoms with Crippen LogP contribution in [0.4, 0.5) is 5.69 Å². The first-order valence-electron chi connectivity index (χ1n) is 9.21. The third-order valence-corrected chi connectivity index (χ3v) is 7.36. The Hall–Kier alpha value is -2.68. The molecule has 0 aliphatic rings. The fourth-order valence-electron chi connectivity index (χ4n) is 3.09. The summed E-state index contributed by atoms with van der Waals surface area (Å²) in [5.74, 6) is 0.114. The molecule has 1 amide bonds. The molecule has 0 spiro atoms. The van der Waals surface area contributed by atoms with Gasteiger partial charge in [0.15, 0.2) is 5.16 Å². The molecule has 0 aliphatic heterocycles. The molecule has 0 aliphatic carbocycles. The number of rotatable bonds is 7. The van der Waals surface area contributed by atoms with Gasteiger partial charge in [-0.3, -0.25) is 14.2 Å². The van der Waals surface area contributed by atoms with Crippen molar-refractivity contribution in [3.8, 4) is 10.4 Å². The summed E-state index contributed by atoms with van der Waals surface area (Å²) in [5.41, 5.74) is 1.65. The van der Waals surface area contributed by atoms with Gasteiger partial charge in [-0.25, -0.2) is 4.98 Å². The van der Waals surface area contributed by atoms with Crippen LogP contribution in [-0.4, -0.2) is 27.8 Å². The summed E-state index contributed by atoms with van der Waals surface area (Å²) < 4.78 is 1.53. The molecule has 3 aromatic heterocycles. The van der Waals surface area contributed by atoms with Gasteiger partial charge >= 0.3 is 0 Å². The van der Waals surface area contributed by atoms with E-state index in [1.807, 2.05) is 53.2 Å². The molecule has 4 aromatic rings. The van der Waals surface area contributed by atoms with Gasteiger partial charge in [0.05, 0.1) is 11.1 Å². The SMILES string of the molecule is C=CCN(C(=O)CSc1nc2scc(-c3cccs3)c2c(=O)n1C)c1ccccc1. The van der Waals surface area contributed by atoms with Crippen LogP contribution in [0.1, 0.15) is 0 Å². The molecule has 0 saturated heterocycles. The molecule has 0 fully saturated rings. The maximum atomic E-state index is 13.0. The zero-order chi connectivity index (χ0) is 21.1. The average molecular weight is 454 g/mol. The average Bonchev–Trinajstić information content (AvgIpc) is 3.43. The second kappa shape index (κ2) is 8.99. The largest absolute Gasteiger partial charge is 0.308 e. The second-order valence-electron chi connectivity index (χ2n) is 6.48. The van der Waals surface area contributed by atoms with E-state index < -0.39 is 0 Å². The van der Waals surface area contributed by atoms with Crippen LogP contribution in [0.3, 0.4) is 0 Å². The number of hydrogen-bond donors (Lipinski definition) is 0. The molecular weight excluding hydrogens is 434 g/mol. The monoisotopic (exact) mass is 453 g/mol. The standard InChI is InChI=1S/C22H19N3O2S3/c1-3-11-25(15-8-5-4-6-9-15)18(26)14-30-22-23-20-19(21(27)24(22)2)16(13-29-20)17-10-7-12-28-17/h3-10,12-13H,1,11,14H2,2H3. The Morgan fingerprint density at radius 3 is 2.73 bits per heavy atom. The fourth-order valence-corrected chi connectivity index (χ4v) is 5.74. The summed E-state index contributed by atoms with van der Waals surface area (Å²) in [6.45, 7) is 4.17. The van der Waals surface area contributed by atoms with Gasteiger partial charge in [-0.2, -0.15) is 0 Å². The van der Waals surface area contributed by atoms with E-state index in [1.165, 1.54) is 27.7 Å². The maximum absolute atomic E-state index is 13.0. The van der Waals surface area contributed by atoms with Crippen LogP contribution in [-0.2, 0) is 11.8 Å². The highest BCUT2D eigenvalue weighted by Crippen LogP contribution is 2.34. The summed E-state index contributed by atoms with van der Waals surface area (Å²) in [6.07, 6.45) is 1.70. The number of hydrogen-bond acceptors (Lipinski definition) is 6. The van der Waals surface area contributed by atoms with E-state index in [1.54, 1.807) is 29.4 Å². The van der Waals surface area contributed by atoms with Crippen molar-refractivity contribution in [3.05, 3.63) is 76.2 Å². The molecule has 3 heterocycles. The smallest absolute Gasteiger partial charge is 0.263 e. The number of thiophene rings is 2. The first kappa shape index (κ1) is 20.6. The minimum absolute atomic E-state index is 0.0640. The third kappa shape index (κ3) is 3.98. The molecule has 0 N–H and O–H groups in total. The third-order valence-electron chi connectivity index (χ3n) is 4.57. The predicted octanol–water partition coefficient (Wildman–Crippen LogP) is 5.03. The van der Waals surface area contributed by atoms with Crippen molar-refractivity contribution in [1.29, 1.82) is 0 Å². The highest BCUT2D eigenvalue weighted by Gasteiger charge is 2.19. The Labute approximate surface area is 186 Å². The topological polar surface area (TPSA) is 55.2 Å². The summed E-state index contributed by atoms with van der Waals surface area (Å²) in [6, 6.07) is 13.5. The number of thioether (sulfide) groups is 1. The molecule has 8 heteroatoms. The summed E-state index contributed by atoms with van der Waals surface area (Å²) in [7, 11) is 1.70. The Morgan fingerprint density at radius 1 is 1.23 bits per heavy atom. The van der Waals surface area contributed by atoms with E-state index in [2.05, 4.69) is 11.6 Å². The van der Waals surface area contributed by atoms with E-state index in [4.69, 9.17) is 0 Å². The number of amides is 1. The Kier molecular flexibility index (Phi) is 6.17. The van der Waals surface area contributed by atoms with Crippen molar-refractivity contribution in [2.24, 2.45) is 7.05 Å². The number of benzene rings is 1. The number of carbonyl (C=O) groups is 1. The molecule has 30 heavy (non-hydrogen) atoms. The van der Waals surface area contributed by atoms with Crippen molar-refractivity contribution in [2.75, 3.05) is 17.2 Å². The van der Waals surface area contributed by atoms with Crippen LogP contribution in [0.25, 0.3) is 20.7 Å². The molecule has 152 valence electrons. The maximum Gasteiger partial charge on any atom is 0.263 e. The van der Waals surface area contributed by atoms with Gasteiger partial charge in [-0.05, 0) is 23.6 Å². The van der Waals surface area contributed by atoms with Gasteiger partial charge in [0.25, 0.3) is 5.56 Å². The van der Waals surface area contributed by atoms with E-state index in [9.17, 15) is 9.59 Å². The molecule has 0 unspecified atom stereocenters. The van der Waals surface area contributed by atoms with Crippen LogP contribution in [0.2, 0.25) is 0 Å². The van der Waals surface area contributed by atoms with Gasteiger partial charge in [0.2, 0.25) is 5.91 Å². The normalized spacial score (nSPS) is 11.0. The van der Waals surface area contributed by atoms with Crippen LogP contribution in [0.5, 0.6) is 0 Å². The Bertz CT molecular complexity index is 1240. The van der Waals surface area contributed by atoms with Crippen molar-refractivity contribution >= 4 is 56.2 Å². The number of carbonyl (C=O) groups excluding carboxylic acids is 1. The summed E-state index contributed by atoms with van der Waals surface area (Å²) >= 11 is 4.33. The first-order valence-corrected chi connectivity index (χ1v) is 12.0. The number of aromatic nitrogens is 2. The van der Waals surface area contributed by atoms with Crippen LogP contribution < -0.4 is 10.5 Å². The number of anilines is 1. The van der Waals surface area contributed by atoms with E-state index in [-0.39, 0.29) is 17.2 Å². The minimum Gasteiger partial charge on any atom is -0.308 e. The molecule has 0 saturated carbocycles. The van der Waals surface area contributed by atoms with Crippen molar-refractivity contribution in [1.82, 2.24) is 9.55 Å². The van der Waals surface area contributed by atoms with Crippen molar-refractivity contribution in [2.45, 2.75) is 5.16 Å². The van der Waals surface area contributed by atoms with Crippen LogP contribution in [0.15, 0.2) is 75.8 Å². The number of fused-ring (bicyclic) bond motifs is 1. The van der Waals surface area contributed by atoms with Crippen molar-refractivity contribution in [3.63, 3.8) is 0 Å². The molecule has 0 bridgehead atoms. The van der Waals surface area contributed by atoms with Gasteiger partial charge in [-0.1, -0.05) is 42.1 Å². The molecule has 1 aromatic carbocycles. The lowest BCUT2D eigenvalue weighted by Gasteiger charge is -2.21. The number of nitrogens with zero attached hydrogens (tertiary/aromatic N) is 3. The lowest BCUT2D eigenvalue weighted by atomic mass is 10.2. The first-order chi connectivity index (χ1) is 14.6. The van der Waals surface area contributed by atoms with Gasteiger partial charge in [0.1, 0.15) is 4.83 Å². The zero-order valence-corrected chi connectivity index (χ0v) is 18.7. The minimum atomic E-state index is -0.0920. The van der Waals surface area contributed by atoms with E-state index >= 15 is 0 Å². The Balaban J connectivity index is 1.60. The molecule has 5 nitrogen and oxygen atoms in total. The van der Waals surface area contributed by atoms with E-state index in [0.29, 0.717) is 21.9 Å².